The van der Waals surface area contributed by atoms with Crippen LogP contribution in [-0.2, 0) is 6.11 Å². The van der Waals surface area contributed by atoms with Crippen LogP contribution in [0.25, 0.3) is 31.0 Å². The minimum Gasteiger partial charge on any atom is -0.427 e. The second-order valence-corrected chi connectivity index (χ2v) is 11.8. The van der Waals surface area contributed by atoms with Gasteiger partial charge in [0.05, 0.1) is 20.4 Å². The van der Waals surface area contributed by atoms with E-state index in [2.05, 4.69) is 28.8 Å². The Labute approximate surface area is 222 Å². The van der Waals surface area contributed by atoms with Gasteiger partial charge in [-0.05, 0) is 60.6 Å². The van der Waals surface area contributed by atoms with Crippen molar-refractivity contribution in [3.63, 3.8) is 0 Å². The maximum absolute atomic E-state index is 14.8. The number of thiazole rings is 2. The lowest BCUT2D eigenvalue weighted by molar-refractivity contribution is -0.185. The molecule has 10 heteroatoms. The van der Waals surface area contributed by atoms with Crippen LogP contribution in [-0.4, -0.2) is 9.97 Å². The van der Waals surface area contributed by atoms with Gasteiger partial charge in [0.15, 0.2) is 17.5 Å². The van der Waals surface area contributed by atoms with Crippen LogP contribution in [0, 0.1) is 23.4 Å². The number of benzene rings is 3. The van der Waals surface area contributed by atoms with Crippen LogP contribution in [0.15, 0.2) is 48.5 Å². The molecule has 1 saturated carbocycles. The zero-order valence-electron chi connectivity index (χ0n) is 20.1. The van der Waals surface area contributed by atoms with Gasteiger partial charge in [-0.2, -0.15) is 8.78 Å². The molecule has 196 valence electrons. The molecule has 0 aliphatic heterocycles. The maximum Gasteiger partial charge on any atom is 0.454 e. The third kappa shape index (κ3) is 4.75. The number of fused-ring (bicyclic) bond motifs is 2. The minimum atomic E-state index is -3.98. The van der Waals surface area contributed by atoms with Crippen molar-refractivity contribution in [2.45, 2.75) is 44.6 Å². The van der Waals surface area contributed by atoms with Gasteiger partial charge >= 0.3 is 6.11 Å². The van der Waals surface area contributed by atoms with Gasteiger partial charge in [0.2, 0.25) is 5.01 Å². The van der Waals surface area contributed by atoms with Crippen molar-refractivity contribution >= 4 is 43.1 Å². The highest BCUT2D eigenvalue weighted by Crippen LogP contribution is 2.41. The lowest BCUT2D eigenvalue weighted by Crippen LogP contribution is -2.21. The van der Waals surface area contributed by atoms with Gasteiger partial charge in [-0.3, -0.25) is 0 Å². The second kappa shape index (κ2) is 9.57. The molecular formula is C28H21F5N2OS2. The molecule has 38 heavy (non-hydrogen) atoms. The maximum atomic E-state index is 14.8. The summed E-state index contributed by atoms with van der Waals surface area (Å²) in [6, 6.07) is 12.3. The van der Waals surface area contributed by atoms with Crippen molar-refractivity contribution in [1.29, 1.82) is 0 Å². The van der Waals surface area contributed by atoms with Gasteiger partial charge in [0.1, 0.15) is 10.8 Å². The lowest BCUT2D eigenvalue weighted by Gasteiger charge is -2.26. The number of nitrogens with zero attached hydrogens (tertiary/aromatic N) is 2. The number of ether oxygens (including phenoxy) is 1. The number of hydrogen-bond acceptors (Lipinski definition) is 5. The normalized spacial score (nSPS) is 18.4. The first kappa shape index (κ1) is 25.2. The van der Waals surface area contributed by atoms with E-state index in [1.54, 1.807) is 29.5 Å². The van der Waals surface area contributed by atoms with Crippen LogP contribution in [0.5, 0.6) is 5.75 Å². The van der Waals surface area contributed by atoms with Crippen LogP contribution in [0.3, 0.4) is 0 Å². The summed E-state index contributed by atoms with van der Waals surface area (Å²) in [5.74, 6) is -4.50. The number of alkyl halides is 2. The molecule has 1 aliphatic rings. The molecule has 0 saturated heterocycles. The molecule has 0 amide bonds. The van der Waals surface area contributed by atoms with Crippen molar-refractivity contribution in [2.24, 2.45) is 5.92 Å². The fraction of sp³-hybridized carbons (Fsp3) is 0.286. The summed E-state index contributed by atoms with van der Waals surface area (Å²) in [4.78, 5) is 8.71. The molecule has 0 spiro atoms. The van der Waals surface area contributed by atoms with E-state index >= 15 is 0 Å². The first-order valence-electron chi connectivity index (χ1n) is 12.2. The lowest BCUT2D eigenvalue weighted by atomic mass is 9.79. The second-order valence-electron chi connectivity index (χ2n) is 9.72. The average molecular weight is 561 g/mol. The standard InChI is InChI=1S/C28H21F5N2OS2/c1-14-2-4-15(5-3-14)16-6-8-21-23(10-16)37-26(34-21)17-7-9-22-24(11-17)38-27(35-22)28(32,33)36-18-12-19(29)25(31)20(30)13-18/h6-15H,2-5H2,1H3. The largest absolute Gasteiger partial charge is 0.454 e. The van der Waals surface area contributed by atoms with E-state index in [0.717, 1.165) is 26.7 Å². The first-order valence-corrected chi connectivity index (χ1v) is 13.8. The summed E-state index contributed by atoms with van der Waals surface area (Å²) in [6.07, 6.45) is 0.901. The predicted octanol–water partition coefficient (Wildman–Crippen LogP) is 9.41. The Bertz CT molecular complexity index is 1630. The molecule has 1 fully saturated rings. The molecule has 0 atom stereocenters. The van der Waals surface area contributed by atoms with Crippen molar-refractivity contribution < 1.29 is 26.7 Å². The SMILES string of the molecule is CC1CCC(c2ccc3nc(-c4ccc5nc(C(F)(F)Oc6cc(F)c(F)c(F)c6)sc5c4)sc3c2)CC1. The highest BCUT2D eigenvalue weighted by molar-refractivity contribution is 7.21. The van der Waals surface area contributed by atoms with Crippen LogP contribution in [0.2, 0.25) is 0 Å². The molecule has 0 radical (unpaired) electrons. The Morgan fingerprint density at radius 3 is 2.21 bits per heavy atom. The van der Waals surface area contributed by atoms with Crippen molar-refractivity contribution in [2.75, 3.05) is 0 Å². The molecule has 3 nitrogen and oxygen atoms in total. The minimum absolute atomic E-state index is 0.323. The molecule has 0 N–H and O–H groups in total. The van der Waals surface area contributed by atoms with Crippen LogP contribution in [0.1, 0.15) is 49.1 Å². The van der Waals surface area contributed by atoms with Gasteiger partial charge in [-0.15, -0.1) is 22.7 Å². The molecule has 5 aromatic rings. The number of aromatic nitrogens is 2. The van der Waals surface area contributed by atoms with E-state index in [1.807, 2.05) is 6.07 Å². The first-order chi connectivity index (χ1) is 18.2. The van der Waals surface area contributed by atoms with Gasteiger partial charge in [-0.1, -0.05) is 25.8 Å². The van der Waals surface area contributed by atoms with E-state index < -0.39 is 34.3 Å². The van der Waals surface area contributed by atoms with Crippen LogP contribution in [0.4, 0.5) is 22.0 Å². The van der Waals surface area contributed by atoms with Crippen molar-refractivity contribution in [3.05, 3.63) is 76.6 Å². The highest BCUT2D eigenvalue weighted by Gasteiger charge is 2.39. The van der Waals surface area contributed by atoms with Gasteiger partial charge < -0.3 is 4.74 Å². The summed E-state index contributed by atoms with van der Waals surface area (Å²) in [7, 11) is 0. The number of hydrogen-bond donors (Lipinski definition) is 0. The van der Waals surface area contributed by atoms with E-state index in [1.165, 1.54) is 31.2 Å². The van der Waals surface area contributed by atoms with Gasteiger partial charge in [0.25, 0.3) is 0 Å². The van der Waals surface area contributed by atoms with Crippen LogP contribution < -0.4 is 4.74 Å². The van der Waals surface area contributed by atoms with E-state index in [4.69, 9.17) is 4.98 Å². The third-order valence-electron chi connectivity index (χ3n) is 6.99. The zero-order valence-corrected chi connectivity index (χ0v) is 21.7. The molecule has 3 aromatic carbocycles. The van der Waals surface area contributed by atoms with E-state index in [9.17, 15) is 22.0 Å². The zero-order chi connectivity index (χ0) is 26.6. The Balaban J connectivity index is 1.27. The monoisotopic (exact) mass is 560 g/mol. The summed E-state index contributed by atoms with van der Waals surface area (Å²) >= 11 is 2.26. The molecular weight excluding hydrogens is 539 g/mol. The molecule has 2 heterocycles. The van der Waals surface area contributed by atoms with E-state index in [0.29, 0.717) is 39.6 Å². The smallest absolute Gasteiger partial charge is 0.427 e. The van der Waals surface area contributed by atoms with Gasteiger partial charge in [-0.25, -0.2) is 23.1 Å². The topological polar surface area (TPSA) is 35.0 Å². The van der Waals surface area contributed by atoms with Crippen molar-refractivity contribution in [1.82, 2.24) is 9.97 Å². The molecule has 0 bridgehead atoms. The van der Waals surface area contributed by atoms with Crippen LogP contribution >= 0.6 is 22.7 Å². The van der Waals surface area contributed by atoms with E-state index in [-0.39, 0.29) is 0 Å². The third-order valence-corrected chi connectivity index (χ3v) is 9.12. The predicted molar refractivity (Wildman–Crippen MR) is 139 cm³/mol. The molecule has 2 aromatic heterocycles. The number of rotatable bonds is 5. The molecule has 1 aliphatic carbocycles. The molecule has 0 unspecified atom stereocenters. The molecule has 6 rings (SSSR count). The highest BCUT2D eigenvalue weighted by atomic mass is 32.1. The Morgan fingerprint density at radius 1 is 0.816 bits per heavy atom. The summed E-state index contributed by atoms with van der Waals surface area (Å²) < 4.78 is 75.7. The quantitative estimate of drug-likeness (QED) is 0.159. The summed E-state index contributed by atoms with van der Waals surface area (Å²) in [6.45, 7) is 2.31. The Kier molecular flexibility index (Phi) is 6.34. The Hall–Kier alpha value is -3.11. The number of halogens is 5. The van der Waals surface area contributed by atoms with Gasteiger partial charge in [0, 0.05) is 17.7 Å². The Morgan fingerprint density at radius 2 is 1.47 bits per heavy atom. The fourth-order valence-corrected chi connectivity index (χ4v) is 6.80. The summed E-state index contributed by atoms with van der Waals surface area (Å²) in [5, 5.41) is 0.0806. The fourth-order valence-electron chi connectivity index (χ4n) is 4.88. The van der Waals surface area contributed by atoms with Crippen molar-refractivity contribution in [3.8, 4) is 16.3 Å². The summed E-state index contributed by atoms with van der Waals surface area (Å²) in [5.41, 5.74) is 3.32. The average Bonchev–Trinajstić information content (AvgIpc) is 3.51.